The van der Waals surface area contributed by atoms with Crippen molar-refractivity contribution in [3.63, 3.8) is 0 Å². The van der Waals surface area contributed by atoms with Gasteiger partial charge >= 0.3 is 6.18 Å². The van der Waals surface area contributed by atoms with Crippen molar-refractivity contribution in [3.8, 4) is 0 Å². The Morgan fingerprint density at radius 2 is 1.68 bits per heavy atom. The van der Waals surface area contributed by atoms with Crippen molar-refractivity contribution >= 4 is 22.0 Å². The molecule has 2 aromatic rings. The molecule has 0 fully saturated rings. The summed E-state index contributed by atoms with van der Waals surface area (Å²) in [5, 5.41) is 0. The molecular weight excluding hydrogens is 391 g/mol. The molecule has 0 spiro atoms. The molecule has 0 aromatic heterocycles. The van der Waals surface area contributed by atoms with Gasteiger partial charge in [-0.25, -0.2) is 0 Å². The van der Waals surface area contributed by atoms with Gasteiger partial charge in [0.2, 0.25) is 0 Å². The fourth-order valence-corrected chi connectivity index (χ4v) is 3.26. The van der Waals surface area contributed by atoms with E-state index in [-0.39, 0.29) is 5.56 Å². The predicted molar refractivity (Wildman–Crippen MR) is 101 cm³/mol. The van der Waals surface area contributed by atoms with E-state index in [0.717, 1.165) is 26.7 Å². The summed E-state index contributed by atoms with van der Waals surface area (Å²) in [6, 6.07) is 8.60. The maximum absolute atomic E-state index is 13.6. The van der Waals surface area contributed by atoms with Crippen LogP contribution in [0.4, 0.5) is 13.2 Å². The number of allylic oxidation sites excluding steroid dienone is 1. The first-order valence-corrected chi connectivity index (χ1v) is 8.74. The Labute approximate surface area is 154 Å². The number of rotatable bonds is 4. The summed E-state index contributed by atoms with van der Waals surface area (Å²) in [6.45, 7) is 5.97. The van der Waals surface area contributed by atoms with Gasteiger partial charge < -0.3 is 5.73 Å². The van der Waals surface area contributed by atoms with Gasteiger partial charge in [0.15, 0.2) is 0 Å². The topological polar surface area (TPSA) is 26.0 Å². The van der Waals surface area contributed by atoms with Crippen LogP contribution < -0.4 is 5.73 Å². The number of hydrogen-bond acceptors (Lipinski definition) is 1. The van der Waals surface area contributed by atoms with E-state index >= 15 is 0 Å². The van der Waals surface area contributed by atoms with Crippen LogP contribution >= 0.6 is 15.9 Å². The first-order valence-electron chi connectivity index (χ1n) is 7.94. The second-order valence-electron chi connectivity index (χ2n) is 6.21. The zero-order valence-electron chi connectivity index (χ0n) is 14.4. The van der Waals surface area contributed by atoms with Crippen molar-refractivity contribution in [2.75, 3.05) is 0 Å². The standard InChI is InChI=1S/C20H21BrF3N/c1-12-8-17(9-13(2)14(12)3)18(20(22,23)24)7-5-15-4-6-16(11-25)19(21)10-15/h4-10,18H,11,25H2,1-3H3/b7-5+. The van der Waals surface area contributed by atoms with Gasteiger partial charge in [-0.15, -0.1) is 0 Å². The first kappa shape index (κ1) is 19.7. The molecule has 0 bridgehead atoms. The predicted octanol–water partition coefficient (Wildman–Crippen LogP) is 6.19. The van der Waals surface area contributed by atoms with Crippen molar-refractivity contribution in [1.29, 1.82) is 0 Å². The summed E-state index contributed by atoms with van der Waals surface area (Å²) >= 11 is 3.39. The molecule has 0 aliphatic heterocycles. The third-order valence-electron chi connectivity index (χ3n) is 4.44. The van der Waals surface area contributed by atoms with Crippen molar-refractivity contribution in [3.05, 3.63) is 74.3 Å². The Morgan fingerprint density at radius 1 is 1.08 bits per heavy atom. The third-order valence-corrected chi connectivity index (χ3v) is 5.18. The Kier molecular flexibility index (Phi) is 6.12. The molecular formula is C20H21BrF3N. The van der Waals surface area contributed by atoms with Crippen molar-refractivity contribution < 1.29 is 13.2 Å². The maximum Gasteiger partial charge on any atom is 0.399 e. The lowest BCUT2D eigenvalue weighted by atomic mass is 9.91. The van der Waals surface area contributed by atoms with E-state index < -0.39 is 12.1 Å². The summed E-state index contributed by atoms with van der Waals surface area (Å²) in [7, 11) is 0. The molecule has 2 N–H and O–H groups in total. The van der Waals surface area contributed by atoms with Gasteiger partial charge in [-0.1, -0.05) is 52.3 Å². The summed E-state index contributed by atoms with van der Waals surface area (Å²) in [5.41, 5.74) is 10.2. The van der Waals surface area contributed by atoms with Crippen molar-refractivity contribution in [1.82, 2.24) is 0 Å². The van der Waals surface area contributed by atoms with Crippen LogP contribution in [0.5, 0.6) is 0 Å². The zero-order valence-corrected chi connectivity index (χ0v) is 16.0. The van der Waals surface area contributed by atoms with Crippen LogP contribution in [-0.2, 0) is 6.54 Å². The van der Waals surface area contributed by atoms with Crippen LogP contribution in [0.3, 0.4) is 0 Å². The highest BCUT2D eigenvalue weighted by molar-refractivity contribution is 9.10. The van der Waals surface area contributed by atoms with Crippen LogP contribution in [0.15, 0.2) is 40.9 Å². The molecule has 0 saturated carbocycles. The molecule has 0 aliphatic rings. The molecule has 0 aliphatic carbocycles. The van der Waals surface area contributed by atoms with Crippen LogP contribution in [-0.4, -0.2) is 6.18 Å². The van der Waals surface area contributed by atoms with Crippen LogP contribution in [0.25, 0.3) is 6.08 Å². The van der Waals surface area contributed by atoms with Gasteiger partial charge in [0.05, 0.1) is 5.92 Å². The van der Waals surface area contributed by atoms with E-state index in [1.807, 2.05) is 26.8 Å². The van der Waals surface area contributed by atoms with Gasteiger partial charge in [0.1, 0.15) is 0 Å². The second kappa shape index (κ2) is 7.75. The summed E-state index contributed by atoms with van der Waals surface area (Å²) in [5.74, 6) is -1.64. The first-order chi connectivity index (χ1) is 11.6. The average molecular weight is 412 g/mol. The Bertz CT molecular complexity index is 771. The van der Waals surface area contributed by atoms with Gasteiger partial charge in [0, 0.05) is 11.0 Å². The SMILES string of the molecule is Cc1cc(C(/C=C/c2ccc(CN)c(Br)c2)C(F)(F)F)cc(C)c1C. The van der Waals surface area contributed by atoms with Gasteiger partial charge in [-0.05, 0) is 60.2 Å². The second-order valence-corrected chi connectivity index (χ2v) is 7.07. The lowest BCUT2D eigenvalue weighted by Gasteiger charge is -2.19. The molecule has 1 unspecified atom stereocenters. The molecule has 1 nitrogen and oxygen atoms in total. The highest BCUT2D eigenvalue weighted by Crippen LogP contribution is 2.38. The molecule has 0 heterocycles. The van der Waals surface area contributed by atoms with Gasteiger partial charge in [0.25, 0.3) is 0 Å². The minimum absolute atomic E-state index is 0.266. The molecule has 5 heteroatoms. The van der Waals surface area contributed by atoms with E-state index in [0.29, 0.717) is 12.1 Å². The third kappa shape index (κ3) is 4.73. The van der Waals surface area contributed by atoms with E-state index in [4.69, 9.17) is 5.73 Å². The maximum atomic E-state index is 13.6. The molecule has 2 aromatic carbocycles. The van der Waals surface area contributed by atoms with E-state index in [2.05, 4.69) is 15.9 Å². The number of aryl methyl sites for hydroxylation is 2. The quantitative estimate of drug-likeness (QED) is 0.637. The van der Waals surface area contributed by atoms with E-state index in [9.17, 15) is 13.2 Å². The van der Waals surface area contributed by atoms with E-state index in [1.54, 1.807) is 24.3 Å². The number of halogens is 4. The summed E-state index contributed by atoms with van der Waals surface area (Å²) in [6.07, 6.45) is -1.62. The highest BCUT2D eigenvalue weighted by Gasteiger charge is 2.39. The largest absolute Gasteiger partial charge is 0.399 e. The lowest BCUT2D eigenvalue weighted by molar-refractivity contribution is -0.139. The summed E-state index contributed by atoms with van der Waals surface area (Å²) < 4.78 is 41.6. The molecule has 0 radical (unpaired) electrons. The number of benzene rings is 2. The minimum atomic E-state index is -4.35. The number of nitrogens with two attached hydrogens (primary N) is 1. The average Bonchev–Trinajstić information content (AvgIpc) is 2.51. The van der Waals surface area contributed by atoms with Crippen molar-refractivity contribution in [2.24, 2.45) is 5.73 Å². The number of hydrogen-bond donors (Lipinski definition) is 1. The van der Waals surface area contributed by atoms with Gasteiger partial charge in [-0.3, -0.25) is 0 Å². The molecule has 134 valence electrons. The van der Waals surface area contributed by atoms with Gasteiger partial charge in [-0.2, -0.15) is 13.2 Å². The monoisotopic (exact) mass is 411 g/mol. The van der Waals surface area contributed by atoms with Crippen molar-refractivity contribution in [2.45, 2.75) is 39.4 Å². The lowest BCUT2D eigenvalue weighted by Crippen LogP contribution is -2.19. The van der Waals surface area contributed by atoms with Crippen LogP contribution in [0.2, 0.25) is 0 Å². The smallest absolute Gasteiger partial charge is 0.326 e. The molecule has 1 atom stereocenters. The Balaban J connectivity index is 2.41. The molecule has 0 saturated heterocycles. The number of alkyl halides is 3. The highest BCUT2D eigenvalue weighted by atomic mass is 79.9. The van der Waals surface area contributed by atoms with Crippen LogP contribution in [0, 0.1) is 20.8 Å². The fourth-order valence-electron chi connectivity index (χ4n) is 2.70. The molecule has 2 rings (SSSR count). The molecule has 25 heavy (non-hydrogen) atoms. The minimum Gasteiger partial charge on any atom is -0.326 e. The van der Waals surface area contributed by atoms with Crippen LogP contribution in [0.1, 0.15) is 39.3 Å². The Hall–Kier alpha value is -1.59. The molecule has 0 amide bonds. The zero-order chi connectivity index (χ0) is 18.8. The fraction of sp³-hybridized carbons (Fsp3) is 0.300. The summed E-state index contributed by atoms with van der Waals surface area (Å²) in [4.78, 5) is 0. The van der Waals surface area contributed by atoms with E-state index in [1.165, 1.54) is 12.2 Å². The normalized spacial score (nSPS) is 13.4. The Morgan fingerprint density at radius 3 is 2.16 bits per heavy atom.